The Labute approximate surface area is 260 Å². The number of ether oxygens (including phenoxy) is 2. The maximum atomic E-state index is 14.0. The molecule has 3 heterocycles. The number of rotatable bonds is 6. The molecule has 0 radical (unpaired) electrons. The molecule has 1 aromatic heterocycles. The van der Waals surface area contributed by atoms with Gasteiger partial charge in [-0.05, 0) is 83.1 Å². The van der Waals surface area contributed by atoms with Crippen molar-refractivity contribution in [1.29, 1.82) is 0 Å². The van der Waals surface area contributed by atoms with Gasteiger partial charge in [-0.15, -0.1) is 0 Å². The van der Waals surface area contributed by atoms with E-state index in [1.54, 1.807) is 24.0 Å². The third-order valence-electron chi connectivity index (χ3n) is 9.40. The van der Waals surface area contributed by atoms with E-state index in [-0.39, 0.29) is 35.9 Å². The molecule has 0 N–H and O–H groups in total. The molecule has 0 unspecified atom stereocenters. The molecule has 2 aliphatic heterocycles. The Morgan fingerprint density at radius 1 is 1.11 bits per heavy atom. The SMILES string of the molecule is [2H]C([2H])([2H])Oc1cccc([C@H]2[C@@H](N3CCN(C(=O)OC(C)(C)C)C4(CC4)C3)CCN2C(=O)Cn2nc(C3CC3)cc2C(F)(F)F)c1C. The molecule has 4 fully saturated rings. The molecule has 44 heavy (non-hydrogen) atoms. The van der Waals surface area contributed by atoms with Gasteiger partial charge in [0, 0.05) is 38.1 Å². The highest BCUT2D eigenvalue weighted by Crippen LogP contribution is 2.48. The van der Waals surface area contributed by atoms with E-state index in [0.29, 0.717) is 42.9 Å². The maximum Gasteiger partial charge on any atom is 0.433 e. The van der Waals surface area contributed by atoms with Gasteiger partial charge in [-0.1, -0.05) is 12.1 Å². The van der Waals surface area contributed by atoms with E-state index in [9.17, 15) is 22.8 Å². The zero-order valence-electron chi connectivity index (χ0n) is 28.6. The quantitative estimate of drug-likeness (QED) is 0.423. The summed E-state index contributed by atoms with van der Waals surface area (Å²) in [5.41, 5.74) is -0.418. The molecular formula is C32H42F3N5O4. The molecule has 2 atom stereocenters. The summed E-state index contributed by atoms with van der Waals surface area (Å²) in [7, 11) is -2.70. The number of likely N-dealkylation sites (tertiary alicyclic amines) is 1. The third-order valence-corrected chi connectivity index (χ3v) is 9.40. The zero-order valence-corrected chi connectivity index (χ0v) is 25.6. The number of carbonyl (C=O) groups excluding carboxylic acids is 2. The van der Waals surface area contributed by atoms with Gasteiger partial charge in [-0.2, -0.15) is 18.3 Å². The summed E-state index contributed by atoms with van der Waals surface area (Å²) in [5, 5.41) is 4.21. The van der Waals surface area contributed by atoms with Crippen molar-refractivity contribution >= 4 is 12.0 Å². The van der Waals surface area contributed by atoms with Gasteiger partial charge >= 0.3 is 12.3 Å². The van der Waals surface area contributed by atoms with Crippen LogP contribution in [0.4, 0.5) is 18.0 Å². The van der Waals surface area contributed by atoms with Gasteiger partial charge in [0.1, 0.15) is 23.6 Å². The van der Waals surface area contributed by atoms with Crippen LogP contribution < -0.4 is 4.74 Å². The van der Waals surface area contributed by atoms with Crippen LogP contribution in [0.3, 0.4) is 0 Å². The summed E-state index contributed by atoms with van der Waals surface area (Å²) in [4.78, 5) is 32.8. The van der Waals surface area contributed by atoms with Crippen LogP contribution >= 0.6 is 0 Å². The van der Waals surface area contributed by atoms with E-state index < -0.39 is 43.0 Å². The molecular weight excluding hydrogens is 575 g/mol. The molecule has 6 rings (SSSR count). The Balaban J connectivity index is 1.31. The second-order valence-electron chi connectivity index (χ2n) is 13.7. The second-order valence-corrected chi connectivity index (χ2v) is 13.7. The van der Waals surface area contributed by atoms with Crippen molar-refractivity contribution in [2.75, 3.05) is 33.2 Å². The minimum atomic E-state index is -4.67. The number of piperazine rings is 1. The number of halogens is 3. The van der Waals surface area contributed by atoms with Crippen molar-refractivity contribution in [2.24, 2.45) is 0 Å². The van der Waals surface area contributed by atoms with Crippen molar-refractivity contribution in [2.45, 2.75) is 102 Å². The van der Waals surface area contributed by atoms with E-state index in [0.717, 1.165) is 36.4 Å². The average molecular weight is 621 g/mol. The lowest BCUT2D eigenvalue weighted by Gasteiger charge is -2.46. The molecule has 2 aromatic rings. The summed E-state index contributed by atoms with van der Waals surface area (Å²) < 4.78 is 76.8. The Morgan fingerprint density at radius 2 is 1.86 bits per heavy atom. The minimum absolute atomic E-state index is 0.0194. The predicted molar refractivity (Wildman–Crippen MR) is 156 cm³/mol. The Kier molecular flexibility index (Phi) is 6.74. The number of carbonyl (C=O) groups is 2. The highest BCUT2D eigenvalue weighted by molar-refractivity contribution is 5.77. The van der Waals surface area contributed by atoms with Gasteiger partial charge in [0.25, 0.3) is 0 Å². The Hall–Kier alpha value is -3.28. The van der Waals surface area contributed by atoms with E-state index >= 15 is 0 Å². The monoisotopic (exact) mass is 620 g/mol. The Bertz CT molecular complexity index is 1530. The topological polar surface area (TPSA) is 80.1 Å². The van der Waals surface area contributed by atoms with E-state index in [4.69, 9.17) is 13.6 Å². The summed E-state index contributed by atoms with van der Waals surface area (Å²) in [6.07, 6.45) is -1.31. The predicted octanol–water partition coefficient (Wildman–Crippen LogP) is 5.52. The second kappa shape index (κ2) is 11.0. The maximum absolute atomic E-state index is 14.0. The van der Waals surface area contributed by atoms with E-state index in [1.165, 1.54) is 0 Å². The molecule has 2 saturated heterocycles. The van der Waals surface area contributed by atoms with E-state index in [1.807, 2.05) is 31.7 Å². The molecule has 2 aliphatic carbocycles. The van der Waals surface area contributed by atoms with Crippen molar-refractivity contribution in [1.82, 2.24) is 24.5 Å². The molecule has 12 heteroatoms. The van der Waals surface area contributed by atoms with Gasteiger partial charge < -0.3 is 14.4 Å². The van der Waals surface area contributed by atoms with Crippen LogP contribution in [0, 0.1) is 6.92 Å². The standard InChI is InChI=1S/C32H42F3N5O4/c1-20-22(7-6-8-25(20)43-5)28-24(37-15-16-39(31(19-37)12-13-31)29(42)44-30(2,3)4)11-14-38(28)27(41)18-40-26(32(33,34)35)17-23(36-40)21-9-10-21/h6-8,17,21,24,28H,9-16,18-19H2,1-5H3/t24-,28-/m0/s1/i5D3. The van der Waals surface area contributed by atoms with Crippen LogP contribution in [0.2, 0.25) is 0 Å². The number of nitrogens with zero attached hydrogens (tertiary/aromatic N) is 5. The van der Waals surface area contributed by atoms with Crippen LogP contribution in [-0.4, -0.2) is 86.9 Å². The molecule has 1 aromatic carbocycles. The summed E-state index contributed by atoms with van der Waals surface area (Å²) in [6, 6.07) is 5.25. The highest BCUT2D eigenvalue weighted by Gasteiger charge is 2.56. The van der Waals surface area contributed by atoms with E-state index in [2.05, 4.69) is 10.00 Å². The summed E-state index contributed by atoms with van der Waals surface area (Å²) >= 11 is 0. The largest absolute Gasteiger partial charge is 0.496 e. The molecule has 0 bridgehead atoms. The van der Waals surface area contributed by atoms with Gasteiger partial charge in [0.05, 0.1) is 28.4 Å². The van der Waals surface area contributed by atoms with Gasteiger partial charge in [-0.25, -0.2) is 4.79 Å². The molecule has 2 saturated carbocycles. The molecule has 240 valence electrons. The molecule has 9 nitrogen and oxygen atoms in total. The van der Waals surface area contributed by atoms with Crippen LogP contribution in [0.15, 0.2) is 24.3 Å². The van der Waals surface area contributed by atoms with Crippen molar-refractivity contribution in [3.8, 4) is 5.75 Å². The third kappa shape index (κ3) is 5.89. The highest BCUT2D eigenvalue weighted by atomic mass is 19.4. The summed E-state index contributed by atoms with van der Waals surface area (Å²) in [5.74, 6) is -0.382. The number of amides is 2. The van der Waals surface area contributed by atoms with Crippen LogP contribution in [-0.2, 0) is 22.3 Å². The first-order valence-corrected chi connectivity index (χ1v) is 15.3. The lowest BCUT2D eigenvalue weighted by atomic mass is 9.93. The van der Waals surface area contributed by atoms with Crippen LogP contribution in [0.5, 0.6) is 5.75 Å². The first-order valence-electron chi connectivity index (χ1n) is 16.8. The number of benzene rings is 1. The van der Waals surface area contributed by atoms with Crippen molar-refractivity contribution < 1.29 is 36.3 Å². The fourth-order valence-electron chi connectivity index (χ4n) is 6.92. The summed E-state index contributed by atoms with van der Waals surface area (Å²) in [6.45, 7) is 8.42. The number of hydrogen-bond acceptors (Lipinski definition) is 6. The number of hydrogen-bond donors (Lipinski definition) is 0. The number of aromatic nitrogens is 2. The van der Waals surface area contributed by atoms with Crippen molar-refractivity contribution in [3.05, 3.63) is 46.8 Å². The lowest BCUT2D eigenvalue weighted by molar-refractivity contribution is -0.146. The van der Waals surface area contributed by atoms with Crippen LogP contribution in [0.1, 0.15) is 91.5 Å². The first kappa shape index (κ1) is 27.1. The van der Waals surface area contributed by atoms with Crippen molar-refractivity contribution in [3.63, 3.8) is 0 Å². The zero-order chi connectivity index (χ0) is 34.1. The van der Waals surface area contributed by atoms with Crippen LogP contribution in [0.25, 0.3) is 0 Å². The lowest BCUT2D eigenvalue weighted by Crippen LogP contribution is -2.60. The molecule has 2 amide bonds. The van der Waals surface area contributed by atoms with Gasteiger partial charge in [0.2, 0.25) is 5.91 Å². The Morgan fingerprint density at radius 3 is 2.50 bits per heavy atom. The molecule has 1 spiro atoms. The molecule has 4 aliphatic rings. The normalized spacial score (nSPS) is 25.0. The first-order chi connectivity index (χ1) is 21.9. The average Bonchev–Trinajstić information content (AvgIpc) is 3.84. The van der Waals surface area contributed by atoms with Gasteiger partial charge in [0.15, 0.2) is 0 Å². The smallest absolute Gasteiger partial charge is 0.433 e. The number of alkyl halides is 3. The fourth-order valence-corrected chi connectivity index (χ4v) is 6.92. The number of methoxy groups -OCH3 is 1. The fraction of sp³-hybridized carbons (Fsp3) is 0.656. The van der Waals surface area contributed by atoms with Gasteiger partial charge in [-0.3, -0.25) is 19.3 Å². The minimum Gasteiger partial charge on any atom is -0.496 e.